The smallest absolute Gasteiger partial charge is 0.142 e. The predicted molar refractivity (Wildman–Crippen MR) is 63.1 cm³/mol. The third kappa shape index (κ3) is 1.65. The van der Waals surface area contributed by atoms with Gasteiger partial charge in [0.05, 0.1) is 25.0 Å². The van der Waals surface area contributed by atoms with Crippen LogP contribution < -0.4 is 9.64 Å². The molecular formula is C13H17NO2. The van der Waals surface area contributed by atoms with Gasteiger partial charge in [-0.1, -0.05) is 12.1 Å². The summed E-state index contributed by atoms with van der Waals surface area (Å²) in [4.78, 5) is 2.39. The van der Waals surface area contributed by atoms with Crippen LogP contribution >= 0.6 is 0 Å². The number of para-hydroxylation sites is 2. The molecule has 0 bridgehead atoms. The summed E-state index contributed by atoms with van der Waals surface area (Å²) in [6.07, 6.45) is 2.29. The van der Waals surface area contributed by atoms with Crippen LogP contribution in [0.1, 0.15) is 12.8 Å². The van der Waals surface area contributed by atoms with Crippen molar-refractivity contribution in [3.05, 3.63) is 24.3 Å². The van der Waals surface area contributed by atoms with Crippen LogP contribution in [0.3, 0.4) is 0 Å². The number of hydrogen-bond donors (Lipinski definition) is 0. The molecule has 1 aromatic carbocycles. The van der Waals surface area contributed by atoms with Crippen LogP contribution in [0.4, 0.5) is 5.69 Å². The van der Waals surface area contributed by atoms with Gasteiger partial charge in [-0.15, -0.1) is 0 Å². The van der Waals surface area contributed by atoms with E-state index in [0.717, 1.165) is 38.3 Å². The Hall–Kier alpha value is -1.22. The number of methoxy groups -OCH3 is 1. The summed E-state index contributed by atoms with van der Waals surface area (Å²) < 4.78 is 10.9. The fourth-order valence-electron chi connectivity index (χ4n) is 2.44. The summed E-state index contributed by atoms with van der Waals surface area (Å²) in [6, 6.07) is 8.23. The fraction of sp³-hybridized carbons (Fsp3) is 0.538. The Labute approximate surface area is 96.0 Å². The third-order valence-electron chi connectivity index (χ3n) is 3.65. The number of hydrogen-bond acceptors (Lipinski definition) is 3. The monoisotopic (exact) mass is 219 g/mol. The fourth-order valence-corrected chi connectivity index (χ4v) is 2.44. The van der Waals surface area contributed by atoms with E-state index in [0.29, 0.717) is 0 Å². The molecule has 1 aromatic rings. The highest BCUT2D eigenvalue weighted by atomic mass is 16.6. The molecule has 2 fully saturated rings. The van der Waals surface area contributed by atoms with Crippen molar-refractivity contribution in [1.29, 1.82) is 0 Å². The number of ether oxygens (including phenoxy) is 2. The molecule has 0 aliphatic carbocycles. The molecule has 3 rings (SSSR count). The van der Waals surface area contributed by atoms with Crippen LogP contribution in [0.5, 0.6) is 5.75 Å². The second-order valence-electron chi connectivity index (χ2n) is 4.63. The molecule has 0 unspecified atom stereocenters. The number of nitrogens with zero attached hydrogens (tertiary/aromatic N) is 1. The average molecular weight is 219 g/mol. The molecule has 0 atom stereocenters. The van der Waals surface area contributed by atoms with Crippen molar-refractivity contribution in [3.8, 4) is 5.75 Å². The lowest BCUT2D eigenvalue weighted by Gasteiger charge is -2.32. The Morgan fingerprint density at radius 2 is 1.94 bits per heavy atom. The molecule has 2 aliphatic heterocycles. The standard InChI is InChI=1S/C13H17NO2/c1-15-12-5-3-2-4-11(12)14-8-6-13(7-9-14)10-16-13/h2-5H,6-10H2,1H3. The normalized spacial score (nSPS) is 22.2. The highest BCUT2D eigenvalue weighted by Crippen LogP contribution is 2.40. The van der Waals surface area contributed by atoms with E-state index >= 15 is 0 Å². The molecule has 1 spiro atoms. The zero-order valence-corrected chi connectivity index (χ0v) is 9.61. The van der Waals surface area contributed by atoms with E-state index in [1.54, 1.807) is 7.11 Å². The van der Waals surface area contributed by atoms with Crippen molar-refractivity contribution < 1.29 is 9.47 Å². The van der Waals surface area contributed by atoms with Crippen molar-refractivity contribution >= 4 is 5.69 Å². The van der Waals surface area contributed by atoms with Gasteiger partial charge in [0.2, 0.25) is 0 Å². The van der Waals surface area contributed by atoms with Gasteiger partial charge in [0.25, 0.3) is 0 Å². The lowest BCUT2D eigenvalue weighted by Crippen LogP contribution is -2.37. The highest BCUT2D eigenvalue weighted by Gasteiger charge is 2.46. The van der Waals surface area contributed by atoms with E-state index in [1.165, 1.54) is 5.69 Å². The largest absolute Gasteiger partial charge is 0.495 e. The van der Waals surface area contributed by atoms with Crippen molar-refractivity contribution in [3.63, 3.8) is 0 Å². The first kappa shape index (κ1) is 9.97. The van der Waals surface area contributed by atoms with Gasteiger partial charge >= 0.3 is 0 Å². The Morgan fingerprint density at radius 1 is 1.25 bits per heavy atom. The van der Waals surface area contributed by atoms with E-state index in [-0.39, 0.29) is 5.60 Å². The van der Waals surface area contributed by atoms with Crippen molar-refractivity contribution in [2.45, 2.75) is 18.4 Å². The van der Waals surface area contributed by atoms with Crippen LogP contribution in [0.25, 0.3) is 0 Å². The minimum absolute atomic E-state index is 0.249. The molecule has 2 saturated heterocycles. The first-order chi connectivity index (χ1) is 7.83. The molecule has 0 amide bonds. The first-order valence-corrected chi connectivity index (χ1v) is 5.85. The van der Waals surface area contributed by atoms with Gasteiger partial charge < -0.3 is 14.4 Å². The first-order valence-electron chi connectivity index (χ1n) is 5.85. The summed E-state index contributed by atoms with van der Waals surface area (Å²) >= 11 is 0. The Morgan fingerprint density at radius 3 is 2.56 bits per heavy atom. The Bertz CT molecular complexity index is 377. The maximum Gasteiger partial charge on any atom is 0.142 e. The molecular weight excluding hydrogens is 202 g/mol. The topological polar surface area (TPSA) is 25.0 Å². The maximum absolute atomic E-state index is 5.52. The number of rotatable bonds is 2. The average Bonchev–Trinajstić information content (AvgIpc) is 3.10. The molecule has 86 valence electrons. The molecule has 2 aliphatic rings. The van der Waals surface area contributed by atoms with Gasteiger partial charge in [-0.2, -0.15) is 0 Å². The second-order valence-corrected chi connectivity index (χ2v) is 4.63. The lowest BCUT2D eigenvalue weighted by atomic mass is 9.97. The summed E-state index contributed by atoms with van der Waals surface area (Å²) in [7, 11) is 1.73. The van der Waals surface area contributed by atoms with Gasteiger partial charge in [0, 0.05) is 13.1 Å². The quantitative estimate of drug-likeness (QED) is 0.712. The molecule has 3 nitrogen and oxygen atoms in total. The molecule has 0 aromatic heterocycles. The second kappa shape index (κ2) is 3.67. The van der Waals surface area contributed by atoms with Crippen LogP contribution in [0.2, 0.25) is 0 Å². The van der Waals surface area contributed by atoms with Crippen LogP contribution in [0, 0.1) is 0 Å². The number of epoxide rings is 1. The molecule has 2 heterocycles. The molecule has 0 radical (unpaired) electrons. The van der Waals surface area contributed by atoms with Crippen LogP contribution in [-0.2, 0) is 4.74 Å². The van der Waals surface area contributed by atoms with Crippen molar-refractivity contribution in [2.24, 2.45) is 0 Å². The summed E-state index contributed by atoms with van der Waals surface area (Å²) in [5.74, 6) is 0.968. The minimum Gasteiger partial charge on any atom is -0.495 e. The number of piperidine rings is 1. The van der Waals surface area contributed by atoms with Crippen LogP contribution in [0.15, 0.2) is 24.3 Å². The van der Waals surface area contributed by atoms with Gasteiger partial charge in [0.1, 0.15) is 5.75 Å². The predicted octanol–water partition coefficient (Wildman–Crippen LogP) is 2.06. The summed E-state index contributed by atoms with van der Waals surface area (Å²) in [5.41, 5.74) is 1.46. The van der Waals surface area contributed by atoms with Crippen molar-refractivity contribution in [1.82, 2.24) is 0 Å². The van der Waals surface area contributed by atoms with E-state index in [1.807, 2.05) is 12.1 Å². The Kier molecular flexibility index (Phi) is 2.28. The zero-order chi connectivity index (χ0) is 11.0. The van der Waals surface area contributed by atoms with E-state index in [9.17, 15) is 0 Å². The Balaban J connectivity index is 1.77. The molecule has 0 saturated carbocycles. The summed E-state index contributed by atoms with van der Waals surface area (Å²) in [5, 5.41) is 0. The van der Waals surface area contributed by atoms with Crippen LogP contribution in [-0.4, -0.2) is 32.4 Å². The molecule has 3 heteroatoms. The molecule has 0 N–H and O–H groups in total. The third-order valence-corrected chi connectivity index (χ3v) is 3.65. The SMILES string of the molecule is COc1ccccc1N1CCC2(CC1)CO2. The highest BCUT2D eigenvalue weighted by molar-refractivity contribution is 5.58. The molecule has 16 heavy (non-hydrogen) atoms. The summed E-state index contributed by atoms with van der Waals surface area (Å²) in [6.45, 7) is 3.10. The van der Waals surface area contributed by atoms with Gasteiger partial charge in [-0.25, -0.2) is 0 Å². The lowest BCUT2D eigenvalue weighted by molar-refractivity contribution is 0.258. The van der Waals surface area contributed by atoms with Gasteiger partial charge in [-0.05, 0) is 25.0 Å². The zero-order valence-electron chi connectivity index (χ0n) is 9.61. The van der Waals surface area contributed by atoms with Gasteiger partial charge in [-0.3, -0.25) is 0 Å². The number of anilines is 1. The van der Waals surface area contributed by atoms with E-state index < -0.39 is 0 Å². The number of benzene rings is 1. The van der Waals surface area contributed by atoms with E-state index in [4.69, 9.17) is 9.47 Å². The minimum atomic E-state index is 0.249. The van der Waals surface area contributed by atoms with Crippen molar-refractivity contribution in [2.75, 3.05) is 31.7 Å². The van der Waals surface area contributed by atoms with E-state index in [2.05, 4.69) is 17.0 Å². The van der Waals surface area contributed by atoms with Gasteiger partial charge in [0.15, 0.2) is 0 Å². The maximum atomic E-state index is 5.52.